The van der Waals surface area contributed by atoms with Crippen LogP contribution in [0.1, 0.15) is 25.3 Å². The molecule has 3 aromatic carbocycles. The van der Waals surface area contributed by atoms with Gasteiger partial charge in [-0.3, -0.25) is 9.36 Å². The van der Waals surface area contributed by atoms with Crippen molar-refractivity contribution in [1.29, 1.82) is 5.26 Å². The third-order valence-corrected chi connectivity index (χ3v) is 6.20. The maximum atomic E-state index is 14.0. The van der Waals surface area contributed by atoms with Crippen molar-refractivity contribution < 1.29 is 0 Å². The lowest BCUT2D eigenvalue weighted by atomic mass is 10.0. The summed E-state index contributed by atoms with van der Waals surface area (Å²) in [6.07, 6.45) is 0. The summed E-state index contributed by atoms with van der Waals surface area (Å²) in [5, 5.41) is 14.6. The molecule has 0 bridgehead atoms. The molecule has 35 heavy (non-hydrogen) atoms. The normalized spacial score (nSPS) is 11.2. The number of fused-ring (bicyclic) bond motifs is 1. The lowest BCUT2D eigenvalue weighted by molar-refractivity contribution is 0.732. The van der Waals surface area contributed by atoms with Gasteiger partial charge in [0.05, 0.1) is 11.8 Å². The maximum Gasteiger partial charge on any atom is 0.284 e. The molecule has 5 aromatic rings. The number of nitrogens with zero attached hydrogens (tertiary/aromatic N) is 5. The Labute approximate surface area is 207 Å². The minimum Gasteiger partial charge on any atom is -0.266 e. The highest BCUT2D eigenvalue weighted by atomic mass is 35.5. The molecule has 0 aliphatic carbocycles. The quantitative estimate of drug-likeness (QED) is 0.300. The molecule has 7 heteroatoms. The molecule has 5 rings (SSSR count). The maximum absolute atomic E-state index is 14.0. The highest BCUT2D eigenvalue weighted by molar-refractivity contribution is 6.30. The number of aromatic nitrogens is 4. The zero-order valence-corrected chi connectivity index (χ0v) is 20.1. The second-order valence-electron chi connectivity index (χ2n) is 8.56. The summed E-state index contributed by atoms with van der Waals surface area (Å²) < 4.78 is 3.00. The SMILES string of the molecule is CC(C)c1ccc(-c2nc3c(-c4ccccc4)nn(CC#N)c3c(=O)n2-c2ccc(Cl)cc2)cc1. The lowest BCUT2D eigenvalue weighted by Crippen LogP contribution is -2.24. The van der Waals surface area contributed by atoms with Crippen molar-refractivity contribution >= 4 is 22.6 Å². The van der Waals surface area contributed by atoms with Gasteiger partial charge in [0.15, 0.2) is 5.52 Å². The van der Waals surface area contributed by atoms with Crippen LogP contribution < -0.4 is 5.56 Å². The molecule has 2 aromatic heterocycles. The molecule has 0 saturated carbocycles. The van der Waals surface area contributed by atoms with Crippen molar-refractivity contribution in [2.45, 2.75) is 26.3 Å². The first-order valence-electron chi connectivity index (χ1n) is 11.3. The first-order valence-corrected chi connectivity index (χ1v) is 11.7. The fourth-order valence-corrected chi connectivity index (χ4v) is 4.27. The van der Waals surface area contributed by atoms with Crippen molar-refractivity contribution in [2.24, 2.45) is 0 Å². The second-order valence-corrected chi connectivity index (χ2v) is 8.99. The van der Waals surface area contributed by atoms with Crippen LogP contribution in [0.4, 0.5) is 0 Å². The Morgan fingerprint density at radius 1 is 0.943 bits per heavy atom. The molecule has 172 valence electrons. The van der Waals surface area contributed by atoms with E-state index < -0.39 is 0 Å². The second kappa shape index (κ2) is 9.21. The Hall–Kier alpha value is -4.21. The molecule has 0 aliphatic rings. The molecule has 6 nitrogen and oxygen atoms in total. The molecule has 0 aliphatic heterocycles. The first kappa shape index (κ1) is 22.6. The highest BCUT2D eigenvalue weighted by Gasteiger charge is 2.22. The number of rotatable bonds is 5. The van der Waals surface area contributed by atoms with Crippen LogP contribution in [0, 0.1) is 11.3 Å². The van der Waals surface area contributed by atoms with Crippen LogP contribution in [0.3, 0.4) is 0 Å². The molecule has 0 atom stereocenters. The summed E-state index contributed by atoms with van der Waals surface area (Å²) in [7, 11) is 0. The molecule has 0 amide bonds. The van der Waals surface area contributed by atoms with Crippen molar-refractivity contribution in [3.8, 4) is 34.4 Å². The van der Waals surface area contributed by atoms with Crippen molar-refractivity contribution in [3.05, 3.63) is 99.8 Å². The van der Waals surface area contributed by atoms with Crippen LogP contribution >= 0.6 is 11.6 Å². The van der Waals surface area contributed by atoms with Crippen LogP contribution in [-0.2, 0) is 6.54 Å². The van der Waals surface area contributed by atoms with E-state index in [0.29, 0.717) is 33.7 Å². The van der Waals surface area contributed by atoms with Gasteiger partial charge in [-0.25, -0.2) is 9.67 Å². The van der Waals surface area contributed by atoms with E-state index in [1.165, 1.54) is 10.2 Å². The molecule has 0 spiro atoms. The smallest absolute Gasteiger partial charge is 0.266 e. The van der Waals surface area contributed by atoms with Crippen LogP contribution in [-0.4, -0.2) is 19.3 Å². The van der Waals surface area contributed by atoms with Crippen molar-refractivity contribution in [2.75, 3.05) is 0 Å². The average Bonchev–Trinajstić information content (AvgIpc) is 3.24. The zero-order chi connectivity index (χ0) is 24.5. The van der Waals surface area contributed by atoms with Gasteiger partial charge in [-0.05, 0) is 35.7 Å². The van der Waals surface area contributed by atoms with Gasteiger partial charge in [0.1, 0.15) is 23.6 Å². The molecule has 0 saturated heterocycles. The largest absolute Gasteiger partial charge is 0.284 e. The third kappa shape index (κ3) is 4.11. The zero-order valence-electron chi connectivity index (χ0n) is 19.3. The van der Waals surface area contributed by atoms with Gasteiger partial charge in [0.2, 0.25) is 0 Å². The molecule has 0 radical (unpaired) electrons. The standard InChI is InChI=1S/C28H22ClN5O/c1-18(2)19-8-10-21(11-9-19)27-31-25-24(20-6-4-3-5-7-20)32-33(17-16-30)26(25)28(35)34(27)23-14-12-22(29)13-15-23/h3-15,18H,17H2,1-2H3. The van der Waals surface area contributed by atoms with E-state index >= 15 is 0 Å². The van der Waals surface area contributed by atoms with Gasteiger partial charge in [-0.2, -0.15) is 10.4 Å². The Morgan fingerprint density at radius 2 is 1.63 bits per heavy atom. The molecule has 0 N–H and O–H groups in total. The summed E-state index contributed by atoms with van der Waals surface area (Å²) in [5.74, 6) is 0.876. The van der Waals surface area contributed by atoms with Gasteiger partial charge < -0.3 is 0 Å². The topological polar surface area (TPSA) is 76.5 Å². The number of hydrogen-bond donors (Lipinski definition) is 0. The Kier molecular flexibility index (Phi) is 5.94. The van der Waals surface area contributed by atoms with Crippen LogP contribution in [0.15, 0.2) is 83.7 Å². The van der Waals surface area contributed by atoms with E-state index in [1.54, 1.807) is 28.8 Å². The van der Waals surface area contributed by atoms with E-state index in [1.807, 2.05) is 42.5 Å². The number of nitriles is 1. The molecule has 2 heterocycles. The summed E-state index contributed by atoms with van der Waals surface area (Å²) in [5.41, 5.74) is 4.46. The summed E-state index contributed by atoms with van der Waals surface area (Å²) >= 11 is 6.12. The van der Waals surface area contributed by atoms with E-state index in [4.69, 9.17) is 16.6 Å². The third-order valence-electron chi connectivity index (χ3n) is 5.95. The fraction of sp³-hybridized carbons (Fsp3) is 0.143. The summed E-state index contributed by atoms with van der Waals surface area (Å²) in [6.45, 7) is 4.21. The summed E-state index contributed by atoms with van der Waals surface area (Å²) in [4.78, 5) is 19.0. The van der Waals surface area contributed by atoms with Gasteiger partial charge >= 0.3 is 0 Å². The van der Waals surface area contributed by atoms with Crippen LogP contribution in [0.5, 0.6) is 0 Å². The molecule has 0 unspecified atom stereocenters. The highest BCUT2D eigenvalue weighted by Crippen LogP contribution is 2.29. The number of benzene rings is 3. The van der Waals surface area contributed by atoms with Crippen molar-refractivity contribution in [1.82, 2.24) is 19.3 Å². The van der Waals surface area contributed by atoms with Crippen molar-refractivity contribution in [3.63, 3.8) is 0 Å². The molecule has 0 fully saturated rings. The fourth-order valence-electron chi connectivity index (χ4n) is 4.14. The molecular weight excluding hydrogens is 458 g/mol. The van der Waals surface area contributed by atoms with Crippen LogP contribution in [0.25, 0.3) is 39.4 Å². The van der Waals surface area contributed by atoms with E-state index in [0.717, 1.165) is 11.1 Å². The van der Waals surface area contributed by atoms with Gasteiger partial charge in [-0.1, -0.05) is 80.0 Å². The predicted molar refractivity (Wildman–Crippen MR) is 139 cm³/mol. The lowest BCUT2D eigenvalue weighted by Gasteiger charge is -2.14. The van der Waals surface area contributed by atoms with E-state index in [2.05, 4.69) is 37.1 Å². The average molecular weight is 480 g/mol. The predicted octanol–water partition coefficient (Wildman–Crippen LogP) is 6.22. The number of halogens is 1. The Bertz CT molecular complexity index is 1610. The Balaban J connectivity index is 1.87. The van der Waals surface area contributed by atoms with Crippen LogP contribution in [0.2, 0.25) is 5.02 Å². The van der Waals surface area contributed by atoms with Gasteiger partial charge in [0.25, 0.3) is 5.56 Å². The minimum atomic E-state index is -0.301. The van der Waals surface area contributed by atoms with Gasteiger partial charge in [-0.15, -0.1) is 0 Å². The van der Waals surface area contributed by atoms with E-state index in [9.17, 15) is 10.1 Å². The Morgan fingerprint density at radius 3 is 2.26 bits per heavy atom. The first-order chi connectivity index (χ1) is 17.0. The van der Waals surface area contributed by atoms with E-state index in [-0.39, 0.29) is 17.6 Å². The molecular formula is C28H22ClN5O. The number of hydrogen-bond acceptors (Lipinski definition) is 4. The summed E-state index contributed by atoms with van der Waals surface area (Å²) in [6, 6.07) is 26.8. The van der Waals surface area contributed by atoms with Gasteiger partial charge in [0, 0.05) is 16.1 Å². The minimum absolute atomic E-state index is 0.0662. The monoisotopic (exact) mass is 479 g/mol.